The van der Waals surface area contributed by atoms with E-state index in [1.165, 1.54) is 25.7 Å². The molecule has 3 fully saturated rings. The number of carboxylic acid groups (broad SMARTS) is 1. The van der Waals surface area contributed by atoms with Gasteiger partial charge in [0.1, 0.15) is 5.41 Å². The highest BCUT2D eigenvalue weighted by atomic mass is 16.5. The molecule has 3 rings (SSSR count). The van der Waals surface area contributed by atoms with E-state index < -0.39 is 17.4 Å². The zero-order valence-corrected chi connectivity index (χ0v) is 11.9. The van der Waals surface area contributed by atoms with Gasteiger partial charge in [0.2, 0.25) is 5.91 Å². The Morgan fingerprint density at radius 2 is 2.15 bits per heavy atom. The van der Waals surface area contributed by atoms with Crippen LogP contribution in [0.1, 0.15) is 39.0 Å². The van der Waals surface area contributed by atoms with Crippen LogP contribution < -0.4 is 5.32 Å². The minimum atomic E-state index is -0.996. The zero-order chi connectivity index (χ0) is 14.3. The summed E-state index contributed by atoms with van der Waals surface area (Å²) in [5.41, 5.74) is -0.996. The number of fused-ring (bicyclic) bond motifs is 2. The van der Waals surface area contributed by atoms with Crippen LogP contribution in [-0.4, -0.2) is 36.2 Å². The first-order valence-corrected chi connectivity index (χ1v) is 7.59. The smallest absolute Gasteiger partial charge is 0.313 e. The lowest BCUT2D eigenvalue weighted by atomic mass is 9.84. The fourth-order valence-electron chi connectivity index (χ4n) is 4.20. The van der Waals surface area contributed by atoms with E-state index in [4.69, 9.17) is 4.74 Å². The Balaban J connectivity index is 1.55. The van der Waals surface area contributed by atoms with Gasteiger partial charge < -0.3 is 15.2 Å². The highest BCUT2D eigenvalue weighted by Crippen LogP contribution is 2.49. The van der Waals surface area contributed by atoms with E-state index in [0.717, 1.165) is 11.8 Å². The van der Waals surface area contributed by atoms with Gasteiger partial charge in [-0.2, -0.15) is 0 Å². The normalized spacial score (nSPS) is 42.9. The first kappa shape index (κ1) is 13.9. The average Bonchev–Trinajstić information content (AvgIpc) is 3.06. The van der Waals surface area contributed by atoms with Crippen molar-refractivity contribution in [1.82, 2.24) is 5.32 Å². The van der Waals surface area contributed by atoms with Crippen LogP contribution in [0.5, 0.6) is 0 Å². The van der Waals surface area contributed by atoms with Crippen LogP contribution in [0.2, 0.25) is 0 Å². The highest BCUT2D eigenvalue weighted by molar-refractivity contribution is 5.80. The molecule has 112 valence electrons. The topological polar surface area (TPSA) is 75.6 Å². The van der Waals surface area contributed by atoms with Gasteiger partial charge in [0.15, 0.2) is 0 Å². The van der Waals surface area contributed by atoms with Crippen LogP contribution in [0.4, 0.5) is 0 Å². The van der Waals surface area contributed by atoms with Crippen LogP contribution in [0.3, 0.4) is 0 Å². The number of nitrogens with one attached hydrogen (secondary N) is 1. The van der Waals surface area contributed by atoms with Crippen LogP contribution in [-0.2, 0) is 14.3 Å². The van der Waals surface area contributed by atoms with Gasteiger partial charge in [-0.3, -0.25) is 9.59 Å². The maximum absolute atomic E-state index is 12.2. The molecule has 0 aromatic heterocycles. The standard InChI is InChI=1S/C15H23NO4/c1-15(14(18)19)8-20-7-12(15)16-13(17)6-11-5-9-2-3-10(11)4-9/h9-12H,2-8H2,1H3,(H,16,17)(H,18,19). The largest absolute Gasteiger partial charge is 0.481 e. The summed E-state index contributed by atoms with van der Waals surface area (Å²) in [4.78, 5) is 23.5. The minimum absolute atomic E-state index is 0.00877. The van der Waals surface area contributed by atoms with E-state index in [-0.39, 0.29) is 12.5 Å². The van der Waals surface area contributed by atoms with Gasteiger partial charge in [-0.25, -0.2) is 0 Å². The molecule has 0 aromatic carbocycles. The number of amides is 1. The number of ether oxygens (including phenoxy) is 1. The van der Waals surface area contributed by atoms with Crippen molar-refractivity contribution >= 4 is 11.9 Å². The molecule has 2 saturated carbocycles. The van der Waals surface area contributed by atoms with E-state index >= 15 is 0 Å². The van der Waals surface area contributed by atoms with E-state index in [0.29, 0.717) is 18.9 Å². The molecule has 0 spiro atoms. The summed E-state index contributed by atoms with van der Waals surface area (Å²) in [5.74, 6) is 1.14. The summed E-state index contributed by atoms with van der Waals surface area (Å²) < 4.78 is 5.26. The second kappa shape index (κ2) is 5.02. The SMILES string of the molecule is CC1(C(=O)O)COCC1NC(=O)CC1CC2CCC1C2. The molecule has 20 heavy (non-hydrogen) atoms. The van der Waals surface area contributed by atoms with E-state index in [9.17, 15) is 14.7 Å². The predicted octanol–water partition coefficient (Wildman–Crippen LogP) is 1.42. The van der Waals surface area contributed by atoms with Gasteiger partial charge >= 0.3 is 5.97 Å². The van der Waals surface area contributed by atoms with Crippen LogP contribution in [0, 0.1) is 23.2 Å². The molecule has 2 N–H and O–H groups in total. The average molecular weight is 281 g/mol. The summed E-state index contributed by atoms with van der Waals surface area (Å²) >= 11 is 0. The first-order chi connectivity index (χ1) is 9.49. The Morgan fingerprint density at radius 1 is 1.35 bits per heavy atom. The second-order valence-electron chi connectivity index (χ2n) is 7.00. The van der Waals surface area contributed by atoms with Crippen molar-refractivity contribution in [3.63, 3.8) is 0 Å². The number of carbonyl (C=O) groups excluding carboxylic acids is 1. The third kappa shape index (κ3) is 2.32. The van der Waals surface area contributed by atoms with E-state index in [1.54, 1.807) is 6.92 Å². The molecule has 1 saturated heterocycles. The van der Waals surface area contributed by atoms with Crippen molar-refractivity contribution in [3.05, 3.63) is 0 Å². The summed E-state index contributed by atoms with van der Waals surface area (Å²) in [6.07, 6.45) is 5.61. The van der Waals surface area contributed by atoms with E-state index in [1.807, 2.05) is 0 Å². The fourth-order valence-corrected chi connectivity index (χ4v) is 4.20. The lowest BCUT2D eigenvalue weighted by Crippen LogP contribution is -2.50. The maximum atomic E-state index is 12.2. The van der Waals surface area contributed by atoms with Crippen molar-refractivity contribution in [2.75, 3.05) is 13.2 Å². The number of aliphatic carboxylic acids is 1. The maximum Gasteiger partial charge on any atom is 0.313 e. The monoisotopic (exact) mass is 281 g/mol. The molecule has 5 nitrogen and oxygen atoms in total. The molecule has 5 unspecified atom stereocenters. The zero-order valence-electron chi connectivity index (χ0n) is 11.9. The van der Waals surface area contributed by atoms with Crippen molar-refractivity contribution < 1.29 is 19.4 Å². The lowest BCUT2D eigenvalue weighted by Gasteiger charge is -2.27. The molecular formula is C15H23NO4. The van der Waals surface area contributed by atoms with Crippen molar-refractivity contribution in [1.29, 1.82) is 0 Å². The van der Waals surface area contributed by atoms with Crippen molar-refractivity contribution in [3.8, 4) is 0 Å². The molecule has 2 aliphatic carbocycles. The van der Waals surface area contributed by atoms with Gasteiger partial charge in [-0.15, -0.1) is 0 Å². The molecule has 1 aliphatic heterocycles. The summed E-state index contributed by atoms with van der Waals surface area (Å²) in [7, 11) is 0. The molecule has 5 heteroatoms. The number of hydrogen-bond donors (Lipinski definition) is 2. The van der Waals surface area contributed by atoms with Gasteiger partial charge in [0.25, 0.3) is 0 Å². The molecule has 3 aliphatic rings. The Bertz CT molecular complexity index is 424. The molecule has 2 bridgehead atoms. The third-order valence-corrected chi connectivity index (χ3v) is 5.61. The first-order valence-electron chi connectivity index (χ1n) is 7.59. The molecular weight excluding hydrogens is 258 g/mol. The highest BCUT2D eigenvalue weighted by Gasteiger charge is 2.48. The Labute approximate surface area is 119 Å². The fraction of sp³-hybridized carbons (Fsp3) is 0.867. The van der Waals surface area contributed by atoms with Crippen LogP contribution >= 0.6 is 0 Å². The number of hydrogen-bond acceptors (Lipinski definition) is 3. The number of rotatable bonds is 4. The van der Waals surface area contributed by atoms with Crippen molar-refractivity contribution in [2.45, 2.75) is 45.1 Å². The van der Waals surface area contributed by atoms with Crippen molar-refractivity contribution in [2.24, 2.45) is 23.2 Å². The van der Waals surface area contributed by atoms with Gasteiger partial charge in [-0.05, 0) is 43.9 Å². The summed E-state index contributed by atoms with van der Waals surface area (Å²) in [5, 5.41) is 12.2. The molecule has 5 atom stereocenters. The van der Waals surface area contributed by atoms with Gasteiger partial charge in [0, 0.05) is 6.42 Å². The molecule has 1 heterocycles. The quantitative estimate of drug-likeness (QED) is 0.817. The van der Waals surface area contributed by atoms with Gasteiger partial charge in [-0.1, -0.05) is 6.42 Å². The Kier molecular flexibility index (Phi) is 3.48. The molecule has 0 aromatic rings. The van der Waals surface area contributed by atoms with Crippen LogP contribution in [0.15, 0.2) is 0 Å². The van der Waals surface area contributed by atoms with E-state index in [2.05, 4.69) is 5.32 Å². The van der Waals surface area contributed by atoms with Crippen LogP contribution in [0.25, 0.3) is 0 Å². The molecule has 1 amide bonds. The Morgan fingerprint density at radius 3 is 2.75 bits per heavy atom. The number of carboxylic acids is 1. The van der Waals surface area contributed by atoms with Gasteiger partial charge in [0.05, 0.1) is 19.3 Å². The third-order valence-electron chi connectivity index (χ3n) is 5.61. The summed E-state index contributed by atoms with van der Waals surface area (Å²) in [6, 6.07) is -0.411. The Hall–Kier alpha value is -1.10. The number of carbonyl (C=O) groups is 2. The lowest BCUT2D eigenvalue weighted by molar-refractivity contribution is -0.149. The summed E-state index contributed by atoms with van der Waals surface area (Å²) in [6.45, 7) is 2.11. The molecule has 0 radical (unpaired) electrons. The predicted molar refractivity (Wildman–Crippen MR) is 72.0 cm³/mol. The minimum Gasteiger partial charge on any atom is -0.481 e. The second-order valence-corrected chi connectivity index (χ2v) is 7.00.